The second kappa shape index (κ2) is 10.3. The standard InChI is InChI=1S/C20H22Cl2N6O/c1-23-19(25-12-15-4-5-16(21)11-18(15)22)17-3-2-6-24-20(17)26-13-27-7-9-28(14-29)10-8-27/h2-6,11,14,25H,1,7-10,12-13H2/b19-17+,26-20+. The Hall–Kier alpha value is -2.48. The summed E-state index contributed by atoms with van der Waals surface area (Å²) in [6.07, 6.45) is 6.32. The van der Waals surface area contributed by atoms with Gasteiger partial charge in [0.2, 0.25) is 6.41 Å². The van der Waals surface area contributed by atoms with Gasteiger partial charge in [0.05, 0.1) is 12.2 Å². The lowest BCUT2D eigenvalue weighted by Crippen LogP contribution is -2.45. The first-order valence-electron chi connectivity index (χ1n) is 9.16. The second-order valence-electron chi connectivity index (χ2n) is 6.53. The zero-order valence-corrected chi connectivity index (χ0v) is 17.4. The molecule has 29 heavy (non-hydrogen) atoms. The molecule has 0 spiro atoms. The van der Waals surface area contributed by atoms with Gasteiger partial charge >= 0.3 is 0 Å². The van der Waals surface area contributed by atoms with E-state index in [9.17, 15) is 4.79 Å². The highest BCUT2D eigenvalue weighted by atomic mass is 35.5. The van der Waals surface area contributed by atoms with E-state index >= 15 is 0 Å². The van der Waals surface area contributed by atoms with Crippen LogP contribution in [0.2, 0.25) is 10.0 Å². The van der Waals surface area contributed by atoms with Gasteiger partial charge in [0.25, 0.3) is 0 Å². The molecule has 152 valence electrons. The number of dihydropyridines is 1. The molecule has 2 aliphatic heterocycles. The number of amidine groups is 1. The number of amides is 1. The van der Waals surface area contributed by atoms with Crippen LogP contribution in [-0.4, -0.2) is 67.8 Å². The van der Waals surface area contributed by atoms with Gasteiger partial charge in [-0.25, -0.2) is 9.98 Å². The normalized spacial score (nSPS) is 20.1. The first-order valence-corrected chi connectivity index (χ1v) is 9.92. The van der Waals surface area contributed by atoms with E-state index in [1.165, 1.54) is 0 Å². The summed E-state index contributed by atoms with van der Waals surface area (Å²) in [6.45, 7) is 7.64. The maximum atomic E-state index is 10.8. The Morgan fingerprint density at radius 3 is 2.76 bits per heavy atom. The fourth-order valence-electron chi connectivity index (χ4n) is 2.97. The van der Waals surface area contributed by atoms with Gasteiger partial charge in [0, 0.05) is 49.0 Å². The van der Waals surface area contributed by atoms with Crippen LogP contribution in [-0.2, 0) is 11.3 Å². The summed E-state index contributed by atoms with van der Waals surface area (Å²) < 4.78 is 0. The van der Waals surface area contributed by atoms with E-state index < -0.39 is 0 Å². The van der Waals surface area contributed by atoms with Crippen molar-refractivity contribution < 1.29 is 4.79 Å². The van der Waals surface area contributed by atoms with Gasteiger partial charge in [-0.15, -0.1) is 0 Å². The predicted octanol–water partition coefficient (Wildman–Crippen LogP) is 2.77. The molecule has 9 heteroatoms. The molecule has 0 saturated carbocycles. The molecule has 3 rings (SSSR count). The summed E-state index contributed by atoms with van der Waals surface area (Å²) in [5, 5.41) is 4.43. The minimum Gasteiger partial charge on any atom is -0.365 e. The van der Waals surface area contributed by atoms with E-state index in [4.69, 9.17) is 23.2 Å². The van der Waals surface area contributed by atoms with Crippen molar-refractivity contribution in [2.24, 2.45) is 15.0 Å². The van der Waals surface area contributed by atoms with Crippen molar-refractivity contribution in [1.29, 1.82) is 0 Å². The fraction of sp³-hybridized carbons (Fsp3) is 0.300. The van der Waals surface area contributed by atoms with Crippen LogP contribution in [0.3, 0.4) is 0 Å². The van der Waals surface area contributed by atoms with E-state index in [2.05, 4.69) is 31.9 Å². The molecule has 7 nitrogen and oxygen atoms in total. The number of rotatable bonds is 7. The zero-order chi connectivity index (χ0) is 20.6. The smallest absolute Gasteiger partial charge is 0.209 e. The Labute approximate surface area is 180 Å². The van der Waals surface area contributed by atoms with Crippen molar-refractivity contribution in [1.82, 2.24) is 15.1 Å². The molecule has 0 unspecified atom stereocenters. The highest BCUT2D eigenvalue weighted by Crippen LogP contribution is 2.21. The minimum absolute atomic E-state index is 0.465. The summed E-state index contributed by atoms with van der Waals surface area (Å²) in [7, 11) is 0. The largest absolute Gasteiger partial charge is 0.365 e. The van der Waals surface area contributed by atoms with Gasteiger partial charge in [-0.05, 0) is 36.6 Å². The van der Waals surface area contributed by atoms with Crippen LogP contribution in [0.1, 0.15) is 5.56 Å². The number of hydrogen-bond donors (Lipinski definition) is 1. The van der Waals surface area contributed by atoms with Crippen molar-refractivity contribution in [3.05, 3.63) is 57.4 Å². The van der Waals surface area contributed by atoms with Crippen molar-refractivity contribution in [2.45, 2.75) is 6.54 Å². The molecule has 1 saturated heterocycles. The number of hydrogen-bond acceptors (Lipinski definition) is 5. The van der Waals surface area contributed by atoms with Gasteiger partial charge in [-0.1, -0.05) is 29.3 Å². The van der Waals surface area contributed by atoms with Crippen LogP contribution in [0.5, 0.6) is 0 Å². The molecule has 1 aromatic carbocycles. The van der Waals surface area contributed by atoms with Crippen molar-refractivity contribution in [3.63, 3.8) is 0 Å². The molecule has 1 fully saturated rings. The van der Waals surface area contributed by atoms with Gasteiger partial charge in [0.15, 0.2) is 5.84 Å². The van der Waals surface area contributed by atoms with Crippen LogP contribution < -0.4 is 5.32 Å². The van der Waals surface area contributed by atoms with E-state index in [1.807, 2.05) is 18.2 Å². The minimum atomic E-state index is 0.465. The Kier molecular flexibility index (Phi) is 7.57. The average Bonchev–Trinajstić information content (AvgIpc) is 2.75. The van der Waals surface area contributed by atoms with Crippen LogP contribution in [0.15, 0.2) is 56.7 Å². The van der Waals surface area contributed by atoms with E-state index in [0.717, 1.165) is 30.6 Å². The molecule has 1 aromatic rings. The lowest BCUT2D eigenvalue weighted by molar-refractivity contribution is -0.119. The van der Waals surface area contributed by atoms with Gasteiger partial charge in [-0.2, -0.15) is 0 Å². The van der Waals surface area contributed by atoms with Gasteiger partial charge < -0.3 is 10.2 Å². The van der Waals surface area contributed by atoms with Gasteiger partial charge in [0.1, 0.15) is 5.82 Å². The van der Waals surface area contributed by atoms with Crippen molar-refractivity contribution >= 4 is 48.4 Å². The summed E-state index contributed by atoms with van der Waals surface area (Å²) in [5.41, 5.74) is 1.66. The predicted molar refractivity (Wildman–Crippen MR) is 119 cm³/mol. The molecule has 0 aromatic heterocycles. The Bertz CT molecular complexity index is 885. The van der Waals surface area contributed by atoms with E-state index in [1.54, 1.807) is 23.2 Å². The van der Waals surface area contributed by atoms with Crippen LogP contribution in [0.4, 0.5) is 0 Å². The quantitative estimate of drug-likeness (QED) is 0.531. The van der Waals surface area contributed by atoms with Crippen LogP contribution >= 0.6 is 23.2 Å². The fourth-order valence-corrected chi connectivity index (χ4v) is 3.44. The summed E-state index contributed by atoms with van der Waals surface area (Å²) >= 11 is 12.2. The number of nitrogens with one attached hydrogen (secondary N) is 1. The van der Waals surface area contributed by atoms with E-state index in [0.29, 0.717) is 48.0 Å². The monoisotopic (exact) mass is 432 g/mol. The highest BCUT2D eigenvalue weighted by molar-refractivity contribution is 6.35. The summed E-state index contributed by atoms with van der Waals surface area (Å²) in [6, 6.07) is 5.36. The Morgan fingerprint density at radius 1 is 1.28 bits per heavy atom. The lowest BCUT2D eigenvalue weighted by Gasteiger charge is -2.31. The molecule has 2 heterocycles. The molecule has 1 N–H and O–H groups in total. The molecule has 1 amide bonds. The SMILES string of the molecule is C=N/C(NCc1ccc(Cl)cc1Cl)=C1/C=CC=N/C1=N/CN1CCN(C=O)CC1. The molecular weight excluding hydrogens is 411 g/mol. The topological polar surface area (TPSA) is 72.7 Å². The van der Waals surface area contributed by atoms with E-state index in [-0.39, 0.29) is 0 Å². The number of halogens is 2. The van der Waals surface area contributed by atoms with Gasteiger partial charge in [-0.3, -0.25) is 14.7 Å². The third-order valence-electron chi connectivity index (χ3n) is 4.64. The highest BCUT2D eigenvalue weighted by Gasteiger charge is 2.17. The molecule has 0 radical (unpaired) electrons. The lowest BCUT2D eigenvalue weighted by atomic mass is 10.1. The summed E-state index contributed by atoms with van der Waals surface area (Å²) in [5.74, 6) is 1.16. The number of carbonyl (C=O) groups excluding carboxylic acids is 1. The number of carbonyl (C=O) groups is 1. The molecule has 0 bridgehead atoms. The molecule has 0 atom stereocenters. The number of allylic oxidation sites excluding steroid dienone is 1. The number of nitrogens with zero attached hydrogens (tertiary/aromatic N) is 5. The van der Waals surface area contributed by atoms with Crippen molar-refractivity contribution in [2.75, 3.05) is 32.8 Å². The third-order valence-corrected chi connectivity index (χ3v) is 5.22. The van der Waals surface area contributed by atoms with Crippen molar-refractivity contribution in [3.8, 4) is 0 Å². The second-order valence-corrected chi connectivity index (χ2v) is 7.37. The first kappa shape index (κ1) is 21.2. The van der Waals surface area contributed by atoms with Crippen LogP contribution in [0.25, 0.3) is 0 Å². The Balaban J connectivity index is 1.71. The Morgan fingerprint density at radius 2 is 2.07 bits per heavy atom. The molecule has 0 aliphatic carbocycles. The number of benzene rings is 1. The average molecular weight is 433 g/mol. The number of piperazine rings is 1. The molecular formula is C20H22Cl2N6O. The third kappa shape index (κ3) is 5.76. The maximum Gasteiger partial charge on any atom is 0.209 e. The maximum absolute atomic E-state index is 10.8. The molecule has 2 aliphatic rings. The number of aliphatic imine (C=N–C) groups is 3. The zero-order valence-electron chi connectivity index (χ0n) is 15.9. The summed E-state index contributed by atoms with van der Waals surface area (Å²) in [4.78, 5) is 27.9. The first-order chi connectivity index (χ1) is 14.1. The van der Waals surface area contributed by atoms with Crippen LogP contribution in [0, 0.1) is 0 Å².